The SMILES string of the molecule is CC(C)(C)OC(=O)N1C[C@H](C(=O)[O-])[C@@H](c2cccc(F)c2)C1. The Morgan fingerprint density at radius 1 is 1.32 bits per heavy atom. The standard InChI is InChI=1S/C16H20FNO4/c1-16(2,3)22-15(21)18-8-12(13(9-18)14(19)20)10-5-4-6-11(17)7-10/h4-7,12-13H,8-9H2,1-3H3,(H,19,20)/p-1/t12-,13+/m1/s1. The third-order valence-electron chi connectivity index (χ3n) is 3.55. The zero-order valence-corrected chi connectivity index (χ0v) is 12.8. The van der Waals surface area contributed by atoms with Crippen LogP contribution in [0, 0.1) is 11.7 Å². The zero-order valence-electron chi connectivity index (χ0n) is 12.8. The van der Waals surface area contributed by atoms with Gasteiger partial charge in [0.25, 0.3) is 0 Å². The average molecular weight is 308 g/mol. The van der Waals surface area contributed by atoms with Crippen LogP contribution in [0.5, 0.6) is 0 Å². The highest BCUT2D eigenvalue weighted by atomic mass is 19.1. The number of amides is 1. The highest BCUT2D eigenvalue weighted by Crippen LogP contribution is 2.33. The predicted octanol–water partition coefficient (Wildman–Crippen LogP) is 1.53. The van der Waals surface area contributed by atoms with Crippen molar-refractivity contribution in [3.05, 3.63) is 35.6 Å². The van der Waals surface area contributed by atoms with Crippen LogP contribution in [-0.4, -0.2) is 35.7 Å². The molecule has 1 aliphatic heterocycles. The van der Waals surface area contributed by atoms with Gasteiger partial charge in [0, 0.05) is 30.9 Å². The number of likely N-dealkylation sites (tertiary alicyclic amines) is 1. The minimum Gasteiger partial charge on any atom is -0.550 e. The summed E-state index contributed by atoms with van der Waals surface area (Å²) in [5.74, 6) is -3.08. The number of nitrogens with zero attached hydrogens (tertiary/aromatic N) is 1. The molecular formula is C16H19FNO4-. The minimum atomic E-state index is -1.25. The van der Waals surface area contributed by atoms with Crippen molar-refractivity contribution in [3.8, 4) is 0 Å². The number of halogens is 1. The van der Waals surface area contributed by atoms with Crippen molar-refractivity contribution in [1.82, 2.24) is 4.90 Å². The molecule has 0 unspecified atom stereocenters. The molecule has 120 valence electrons. The molecule has 5 nitrogen and oxygen atoms in total. The van der Waals surface area contributed by atoms with E-state index in [1.807, 2.05) is 0 Å². The highest BCUT2D eigenvalue weighted by Gasteiger charge is 2.38. The number of rotatable bonds is 2. The Labute approximate surface area is 128 Å². The Morgan fingerprint density at radius 3 is 2.55 bits per heavy atom. The van der Waals surface area contributed by atoms with Crippen molar-refractivity contribution in [1.29, 1.82) is 0 Å². The lowest BCUT2D eigenvalue weighted by Crippen LogP contribution is -2.38. The van der Waals surface area contributed by atoms with Gasteiger partial charge in [0.1, 0.15) is 11.4 Å². The van der Waals surface area contributed by atoms with Crippen LogP contribution in [0.2, 0.25) is 0 Å². The largest absolute Gasteiger partial charge is 0.550 e. The van der Waals surface area contributed by atoms with E-state index in [9.17, 15) is 19.1 Å². The third-order valence-corrected chi connectivity index (χ3v) is 3.55. The zero-order chi connectivity index (χ0) is 16.5. The Bertz CT molecular complexity index is 582. The van der Waals surface area contributed by atoms with Crippen molar-refractivity contribution in [2.75, 3.05) is 13.1 Å². The van der Waals surface area contributed by atoms with Crippen LogP contribution in [0.25, 0.3) is 0 Å². The van der Waals surface area contributed by atoms with Gasteiger partial charge in [-0.25, -0.2) is 9.18 Å². The highest BCUT2D eigenvalue weighted by molar-refractivity contribution is 5.74. The molecule has 0 N–H and O–H groups in total. The lowest BCUT2D eigenvalue weighted by atomic mass is 9.89. The van der Waals surface area contributed by atoms with E-state index >= 15 is 0 Å². The van der Waals surface area contributed by atoms with E-state index in [2.05, 4.69) is 0 Å². The van der Waals surface area contributed by atoms with Gasteiger partial charge in [-0.05, 0) is 38.5 Å². The van der Waals surface area contributed by atoms with Gasteiger partial charge < -0.3 is 19.5 Å². The first-order valence-corrected chi connectivity index (χ1v) is 7.11. The number of hydrogen-bond acceptors (Lipinski definition) is 4. The van der Waals surface area contributed by atoms with Crippen LogP contribution in [0.15, 0.2) is 24.3 Å². The Balaban J connectivity index is 2.20. The van der Waals surface area contributed by atoms with Gasteiger partial charge in [0.05, 0.1) is 0 Å². The summed E-state index contributed by atoms with van der Waals surface area (Å²) in [5.41, 5.74) is -0.120. The van der Waals surface area contributed by atoms with Crippen molar-refractivity contribution in [2.24, 2.45) is 5.92 Å². The van der Waals surface area contributed by atoms with Crippen molar-refractivity contribution in [2.45, 2.75) is 32.3 Å². The van der Waals surface area contributed by atoms with Crippen LogP contribution in [0.4, 0.5) is 9.18 Å². The average Bonchev–Trinajstić information content (AvgIpc) is 2.82. The summed E-state index contributed by atoms with van der Waals surface area (Å²) in [6.45, 7) is 5.37. The van der Waals surface area contributed by atoms with Crippen LogP contribution < -0.4 is 5.11 Å². The molecule has 2 rings (SSSR count). The number of carbonyl (C=O) groups excluding carboxylic acids is 2. The van der Waals surface area contributed by atoms with Gasteiger partial charge >= 0.3 is 6.09 Å². The predicted molar refractivity (Wildman–Crippen MR) is 75.4 cm³/mol. The molecule has 1 aromatic carbocycles. The molecule has 0 saturated carbocycles. The van der Waals surface area contributed by atoms with E-state index < -0.39 is 35.3 Å². The number of hydrogen-bond donors (Lipinski definition) is 0. The first kappa shape index (κ1) is 16.3. The molecule has 0 radical (unpaired) electrons. The van der Waals surface area contributed by atoms with E-state index in [1.165, 1.54) is 23.1 Å². The summed E-state index contributed by atoms with van der Waals surface area (Å²) in [6, 6.07) is 5.76. The maximum Gasteiger partial charge on any atom is 0.410 e. The number of ether oxygens (including phenoxy) is 1. The third kappa shape index (κ3) is 3.75. The number of carboxylic acids is 1. The van der Waals surface area contributed by atoms with Crippen LogP contribution in [-0.2, 0) is 9.53 Å². The molecular weight excluding hydrogens is 289 g/mol. The maximum absolute atomic E-state index is 13.4. The van der Waals surface area contributed by atoms with Crippen molar-refractivity contribution in [3.63, 3.8) is 0 Å². The van der Waals surface area contributed by atoms with Crippen LogP contribution in [0.1, 0.15) is 32.3 Å². The molecule has 1 aliphatic rings. The molecule has 1 saturated heterocycles. The first-order chi connectivity index (χ1) is 10.2. The second kappa shape index (κ2) is 5.94. The summed E-state index contributed by atoms with van der Waals surface area (Å²) in [7, 11) is 0. The molecule has 0 bridgehead atoms. The quantitative estimate of drug-likeness (QED) is 0.831. The smallest absolute Gasteiger partial charge is 0.410 e. The lowest BCUT2D eigenvalue weighted by Gasteiger charge is -2.24. The Kier molecular flexibility index (Phi) is 4.39. The van der Waals surface area contributed by atoms with Gasteiger partial charge in [-0.1, -0.05) is 12.1 Å². The molecule has 0 aromatic heterocycles. The summed E-state index contributed by atoms with van der Waals surface area (Å²) < 4.78 is 18.6. The van der Waals surface area contributed by atoms with E-state index in [0.717, 1.165) is 0 Å². The second-order valence-electron chi connectivity index (χ2n) is 6.47. The molecule has 1 amide bonds. The van der Waals surface area contributed by atoms with E-state index in [-0.39, 0.29) is 13.1 Å². The number of carbonyl (C=O) groups is 2. The summed E-state index contributed by atoms with van der Waals surface area (Å²) in [6.07, 6.45) is -0.572. The molecule has 1 heterocycles. The topological polar surface area (TPSA) is 69.7 Å². The summed E-state index contributed by atoms with van der Waals surface area (Å²) in [5, 5.41) is 11.3. The molecule has 6 heteroatoms. The first-order valence-electron chi connectivity index (χ1n) is 7.11. The van der Waals surface area contributed by atoms with E-state index in [4.69, 9.17) is 4.74 Å². The minimum absolute atomic E-state index is 0.00156. The fourth-order valence-electron chi connectivity index (χ4n) is 2.59. The Morgan fingerprint density at radius 2 is 2.00 bits per heavy atom. The summed E-state index contributed by atoms with van der Waals surface area (Å²) >= 11 is 0. The van der Waals surface area contributed by atoms with E-state index in [0.29, 0.717) is 5.56 Å². The molecule has 0 aliphatic carbocycles. The molecule has 1 aromatic rings. The maximum atomic E-state index is 13.4. The van der Waals surface area contributed by atoms with Gasteiger partial charge in [0.2, 0.25) is 0 Å². The van der Waals surface area contributed by atoms with Gasteiger partial charge in [-0.2, -0.15) is 0 Å². The van der Waals surface area contributed by atoms with Crippen LogP contribution in [0.3, 0.4) is 0 Å². The fourth-order valence-corrected chi connectivity index (χ4v) is 2.59. The molecule has 1 fully saturated rings. The number of aliphatic carboxylic acids is 1. The fraction of sp³-hybridized carbons (Fsp3) is 0.500. The number of carboxylic acid groups (broad SMARTS) is 1. The van der Waals surface area contributed by atoms with Crippen molar-refractivity contribution < 1.29 is 23.8 Å². The molecule has 22 heavy (non-hydrogen) atoms. The van der Waals surface area contributed by atoms with Gasteiger partial charge in [-0.15, -0.1) is 0 Å². The lowest BCUT2D eigenvalue weighted by molar-refractivity contribution is -0.311. The number of benzene rings is 1. The Hall–Kier alpha value is -2.11. The van der Waals surface area contributed by atoms with Gasteiger partial charge in [0.15, 0.2) is 0 Å². The normalized spacial score (nSPS) is 21.7. The van der Waals surface area contributed by atoms with Crippen LogP contribution >= 0.6 is 0 Å². The van der Waals surface area contributed by atoms with E-state index in [1.54, 1.807) is 26.8 Å². The molecule has 0 spiro atoms. The molecule has 2 atom stereocenters. The monoisotopic (exact) mass is 308 g/mol. The second-order valence-corrected chi connectivity index (χ2v) is 6.47. The van der Waals surface area contributed by atoms with Gasteiger partial charge in [-0.3, -0.25) is 0 Å². The summed E-state index contributed by atoms with van der Waals surface area (Å²) in [4.78, 5) is 24.8. The van der Waals surface area contributed by atoms with Crippen molar-refractivity contribution >= 4 is 12.1 Å².